The van der Waals surface area contributed by atoms with E-state index >= 15 is 0 Å². The molecule has 1 aliphatic heterocycles. The van der Waals surface area contributed by atoms with Crippen molar-refractivity contribution in [2.24, 2.45) is 17.3 Å². The molecule has 0 spiro atoms. The highest BCUT2D eigenvalue weighted by Gasteiger charge is 2.41. The molecule has 2 rings (SSSR count). The van der Waals surface area contributed by atoms with E-state index < -0.39 is 0 Å². The SMILES string of the molecule is CNC1(C#N)CCCC1CCN1CCC(C(C)(C)C)CC1. The Hall–Kier alpha value is -0.590. The molecule has 0 aromatic rings. The molecule has 0 aromatic heterocycles. The van der Waals surface area contributed by atoms with Crippen LogP contribution in [0.1, 0.15) is 59.3 Å². The minimum absolute atomic E-state index is 0.246. The summed E-state index contributed by atoms with van der Waals surface area (Å²) in [6, 6.07) is 2.56. The van der Waals surface area contributed by atoms with Crippen molar-refractivity contribution >= 4 is 0 Å². The fourth-order valence-electron chi connectivity index (χ4n) is 4.36. The minimum Gasteiger partial charge on any atom is -0.303 e. The van der Waals surface area contributed by atoms with Gasteiger partial charge in [0.05, 0.1) is 6.07 Å². The Bertz CT molecular complexity index is 371. The summed E-state index contributed by atoms with van der Waals surface area (Å²) in [5.41, 5.74) is 0.212. The lowest BCUT2D eigenvalue weighted by atomic mass is 9.75. The quantitative estimate of drug-likeness (QED) is 0.862. The number of hydrogen-bond acceptors (Lipinski definition) is 3. The highest BCUT2D eigenvalue weighted by molar-refractivity contribution is 5.13. The largest absolute Gasteiger partial charge is 0.303 e. The van der Waals surface area contributed by atoms with Gasteiger partial charge in [-0.3, -0.25) is 0 Å². The van der Waals surface area contributed by atoms with Crippen molar-refractivity contribution < 1.29 is 0 Å². The zero-order valence-electron chi connectivity index (χ0n) is 14.4. The fourth-order valence-corrected chi connectivity index (χ4v) is 4.36. The van der Waals surface area contributed by atoms with E-state index in [0.717, 1.165) is 12.3 Å². The van der Waals surface area contributed by atoms with Gasteiger partial charge in [0.2, 0.25) is 0 Å². The van der Waals surface area contributed by atoms with Crippen LogP contribution in [0.15, 0.2) is 0 Å². The van der Waals surface area contributed by atoms with Crippen molar-refractivity contribution in [3.8, 4) is 6.07 Å². The standard InChI is InChI=1S/C18H33N3/c1-17(2,3)15-7-11-21(12-8-15)13-9-16-6-5-10-18(16,14-19)20-4/h15-16,20H,5-13H2,1-4H3. The van der Waals surface area contributed by atoms with Crippen molar-refractivity contribution in [2.75, 3.05) is 26.7 Å². The van der Waals surface area contributed by atoms with Crippen molar-refractivity contribution in [3.63, 3.8) is 0 Å². The summed E-state index contributed by atoms with van der Waals surface area (Å²) >= 11 is 0. The number of piperidine rings is 1. The summed E-state index contributed by atoms with van der Waals surface area (Å²) < 4.78 is 0. The minimum atomic E-state index is -0.246. The Morgan fingerprint density at radius 3 is 2.43 bits per heavy atom. The molecule has 1 saturated carbocycles. The Morgan fingerprint density at radius 1 is 1.24 bits per heavy atom. The van der Waals surface area contributed by atoms with E-state index in [2.05, 4.69) is 37.1 Å². The van der Waals surface area contributed by atoms with Gasteiger partial charge in [-0.05, 0) is 76.0 Å². The fraction of sp³-hybridized carbons (Fsp3) is 0.944. The molecular formula is C18H33N3. The number of hydrogen-bond donors (Lipinski definition) is 1. The maximum atomic E-state index is 9.52. The van der Waals surface area contributed by atoms with Gasteiger partial charge in [-0.2, -0.15) is 5.26 Å². The summed E-state index contributed by atoms with van der Waals surface area (Å²) in [7, 11) is 1.95. The predicted octanol–water partition coefficient (Wildman–Crippen LogP) is 3.42. The van der Waals surface area contributed by atoms with Gasteiger partial charge in [0.1, 0.15) is 5.54 Å². The summed E-state index contributed by atoms with van der Waals surface area (Å²) in [4.78, 5) is 2.62. The molecule has 2 aliphatic rings. The van der Waals surface area contributed by atoms with E-state index in [1.807, 2.05) is 7.05 Å². The molecule has 0 bridgehead atoms. The molecule has 1 saturated heterocycles. The monoisotopic (exact) mass is 291 g/mol. The van der Waals surface area contributed by atoms with E-state index in [-0.39, 0.29) is 5.54 Å². The summed E-state index contributed by atoms with van der Waals surface area (Å²) in [5.74, 6) is 1.41. The predicted molar refractivity (Wildman–Crippen MR) is 88.0 cm³/mol. The molecule has 3 heteroatoms. The van der Waals surface area contributed by atoms with Crippen LogP contribution in [0.2, 0.25) is 0 Å². The number of nitrogens with zero attached hydrogens (tertiary/aromatic N) is 2. The average molecular weight is 291 g/mol. The van der Waals surface area contributed by atoms with Crippen molar-refractivity contribution in [3.05, 3.63) is 0 Å². The Kier molecular flexibility index (Phi) is 5.33. The summed E-state index contributed by atoms with van der Waals surface area (Å²) in [6.07, 6.45) is 7.29. The molecule has 0 amide bonds. The van der Waals surface area contributed by atoms with Crippen LogP contribution >= 0.6 is 0 Å². The van der Waals surface area contributed by atoms with Crippen LogP contribution in [-0.2, 0) is 0 Å². The lowest BCUT2D eigenvalue weighted by molar-refractivity contribution is 0.105. The van der Waals surface area contributed by atoms with Crippen LogP contribution in [0.3, 0.4) is 0 Å². The van der Waals surface area contributed by atoms with Crippen LogP contribution < -0.4 is 5.32 Å². The normalized spacial score (nSPS) is 32.2. The molecule has 1 N–H and O–H groups in total. The van der Waals surface area contributed by atoms with E-state index in [1.165, 1.54) is 51.7 Å². The van der Waals surface area contributed by atoms with E-state index in [4.69, 9.17) is 0 Å². The number of nitriles is 1. The van der Waals surface area contributed by atoms with Gasteiger partial charge in [0.15, 0.2) is 0 Å². The van der Waals surface area contributed by atoms with Gasteiger partial charge in [0.25, 0.3) is 0 Å². The molecule has 21 heavy (non-hydrogen) atoms. The van der Waals surface area contributed by atoms with E-state index in [0.29, 0.717) is 11.3 Å². The number of likely N-dealkylation sites (tertiary alicyclic amines) is 1. The van der Waals surface area contributed by atoms with Gasteiger partial charge in [-0.25, -0.2) is 0 Å². The van der Waals surface area contributed by atoms with Crippen molar-refractivity contribution in [1.82, 2.24) is 10.2 Å². The second kappa shape index (κ2) is 6.67. The number of rotatable bonds is 4. The third-order valence-electron chi connectivity index (χ3n) is 6.07. The maximum Gasteiger partial charge on any atom is 0.109 e. The molecule has 2 fully saturated rings. The molecule has 2 atom stereocenters. The molecule has 0 aromatic carbocycles. The molecule has 2 unspecified atom stereocenters. The van der Waals surface area contributed by atoms with Gasteiger partial charge in [-0.15, -0.1) is 0 Å². The maximum absolute atomic E-state index is 9.52. The Balaban J connectivity index is 1.79. The molecular weight excluding hydrogens is 258 g/mol. The topological polar surface area (TPSA) is 39.1 Å². The van der Waals surface area contributed by atoms with Crippen LogP contribution in [0.5, 0.6) is 0 Å². The molecule has 0 radical (unpaired) electrons. The summed E-state index contributed by atoms with van der Waals surface area (Å²) in [6.45, 7) is 10.8. The van der Waals surface area contributed by atoms with Crippen LogP contribution in [0.4, 0.5) is 0 Å². The first-order valence-electron chi connectivity index (χ1n) is 8.74. The lowest BCUT2D eigenvalue weighted by Gasteiger charge is -2.39. The molecule has 1 aliphatic carbocycles. The Morgan fingerprint density at radius 2 is 1.90 bits per heavy atom. The third-order valence-corrected chi connectivity index (χ3v) is 6.07. The first-order chi connectivity index (χ1) is 9.91. The van der Waals surface area contributed by atoms with Crippen LogP contribution in [0.25, 0.3) is 0 Å². The highest BCUT2D eigenvalue weighted by atomic mass is 15.1. The second-order valence-electron chi connectivity index (χ2n) is 8.19. The average Bonchev–Trinajstić information content (AvgIpc) is 2.88. The Labute approximate surface area is 131 Å². The van der Waals surface area contributed by atoms with Gasteiger partial charge in [-0.1, -0.05) is 27.2 Å². The highest BCUT2D eigenvalue weighted by Crippen LogP contribution is 2.38. The first-order valence-corrected chi connectivity index (χ1v) is 8.74. The third kappa shape index (κ3) is 3.79. The van der Waals surface area contributed by atoms with Gasteiger partial charge < -0.3 is 10.2 Å². The molecule has 120 valence electrons. The van der Waals surface area contributed by atoms with E-state index in [9.17, 15) is 5.26 Å². The smallest absolute Gasteiger partial charge is 0.109 e. The zero-order chi connectivity index (χ0) is 15.5. The van der Waals surface area contributed by atoms with Crippen LogP contribution in [-0.4, -0.2) is 37.1 Å². The van der Waals surface area contributed by atoms with Crippen molar-refractivity contribution in [1.29, 1.82) is 5.26 Å². The van der Waals surface area contributed by atoms with Crippen LogP contribution in [0, 0.1) is 28.6 Å². The molecule has 3 nitrogen and oxygen atoms in total. The zero-order valence-corrected chi connectivity index (χ0v) is 14.4. The first kappa shape index (κ1) is 16.8. The van der Waals surface area contributed by atoms with E-state index in [1.54, 1.807) is 0 Å². The van der Waals surface area contributed by atoms with Crippen molar-refractivity contribution in [2.45, 2.75) is 64.8 Å². The molecule has 1 heterocycles. The summed E-state index contributed by atoms with van der Waals surface area (Å²) in [5, 5.41) is 12.8. The lowest BCUT2D eigenvalue weighted by Crippen LogP contribution is -2.46. The van der Waals surface area contributed by atoms with Gasteiger partial charge in [0, 0.05) is 0 Å². The van der Waals surface area contributed by atoms with Gasteiger partial charge >= 0.3 is 0 Å². The second-order valence-corrected chi connectivity index (χ2v) is 8.19. The number of nitrogens with one attached hydrogen (secondary N) is 1.